The number of halogens is 1. The number of nitrogens with zero attached hydrogens (tertiary/aromatic N) is 2. The summed E-state index contributed by atoms with van der Waals surface area (Å²) in [6.07, 6.45) is 0.879. The Morgan fingerprint density at radius 2 is 2.27 bits per heavy atom. The van der Waals surface area contributed by atoms with Gasteiger partial charge in [-0.05, 0) is 38.7 Å². The fraction of sp³-hybridized carbons (Fsp3) is 0.667. The number of rotatable bonds is 4. The topological polar surface area (TPSA) is 54.9 Å². The molecule has 0 spiro atoms. The molecule has 1 N–H and O–H groups in total. The largest absolute Gasteiger partial charge is 0.346 e. The van der Waals surface area contributed by atoms with Crippen LogP contribution in [0.15, 0.2) is 0 Å². The first-order valence-corrected chi connectivity index (χ1v) is 6.53. The lowest BCUT2D eigenvalue weighted by Crippen LogP contribution is -2.43. The van der Waals surface area contributed by atoms with E-state index in [0.717, 1.165) is 23.3 Å². The van der Waals surface area contributed by atoms with Crippen LogP contribution < -0.4 is 5.32 Å². The van der Waals surface area contributed by atoms with Crippen molar-refractivity contribution in [3.05, 3.63) is 10.6 Å². The Labute approximate surface area is 102 Å². The normalized spacial score (nSPS) is 11.5. The number of carbonyl (C=O) groups excluding carboxylic acids is 1. The molecule has 0 aromatic carbocycles. The van der Waals surface area contributed by atoms with Crippen molar-refractivity contribution in [2.24, 2.45) is 0 Å². The molecule has 1 amide bonds. The van der Waals surface area contributed by atoms with E-state index in [9.17, 15) is 4.79 Å². The highest BCUT2D eigenvalue weighted by molar-refractivity contribution is 9.09. The molecule has 1 rings (SSSR count). The van der Waals surface area contributed by atoms with Gasteiger partial charge < -0.3 is 5.32 Å². The maximum atomic E-state index is 11.8. The molecule has 15 heavy (non-hydrogen) atoms. The Hall–Kier alpha value is -0.490. The second kappa shape index (κ2) is 5.03. The fourth-order valence-corrected chi connectivity index (χ4v) is 2.65. The minimum absolute atomic E-state index is 0.0894. The first-order chi connectivity index (χ1) is 6.96. The molecule has 0 saturated carbocycles. The van der Waals surface area contributed by atoms with E-state index in [4.69, 9.17) is 0 Å². The van der Waals surface area contributed by atoms with Gasteiger partial charge in [0.15, 0.2) is 0 Å². The summed E-state index contributed by atoms with van der Waals surface area (Å²) in [4.78, 5) is 12.4. The summed E-state index contributed by atoms with van der Waals surface area (Å²) in [5.41, 5.74) is 0.476. The molecule has 0 unspecified atom stereocenters. The molecule has 0 radical (unpaired) electrons. The summed E-state index contributed by atoms with van der Waals surface area (Å²) in [5, 5.41) is 7.64. The van der Waals surface area contributed by atoms with Gasteiger partial charge in [-0.15, -0.1) is 5.10 Å². The zero-order valence-electron chi connectivity index (χ0n) is 9.00. The van der Waals surface area contributed by atoms with Crippen LogP contribution in [-0.4, -0.2) is 26.4 Å². The van der Waals surface area contributed by atoms with E-state index in [0.29, 0.717) is 10.6 Å². The van der Waals surface area contributed by atoms with Crippen molar-refractivity contribution in [2.45, 2.75) is 32.7 Å². The van der Waals surface area contributed by atoms with Crippen molar-refractivity contribution in [1.82, 2.24) is 14.9 Å². The van der Waals surface area contributed by atoms with E-state index in [-0.39, 0.29) is 11.4 Å². The predicted molar refractivity (Wildman–Crippen MR) is 64.6 cm³/mol. The summed E-state index contributed by atoms with van der Waals surface area (Å²) in [7, 11) is 0. The molecule has 1 heterocycles. The molecule has 0 atom stereocenters. The van der Waals surface area contributed by atoms with Gasteiger partial charge in [0.1, 0.15) is 4.88 Å². The van der Waals surface area contributed by atoms with Crippen LogP contribution in [0.1, 0.15) is 35.6 Å². The van der Waals surface area contributed by atoms with Gasteiger partial charge in [-0.25, -0.2) is 0 Å². The minimum atomic E-state index is -0.211. The lowest BCUT2D eigenvalue weighted by molar-refractivity contribution is 0.0915. The molecular formula is C9H14BrN3OS. The molecule has 0 aliphatic carbocycles. The highest BCUT2D eigenvalue weighted by atomic mass is 79.9. The Morgan fingerprint density at radius 3 is 2.73 bits per heavy atom. The standard InChI is InChI=1S/C9H14BrN3OS/c1-6-7(15-13-12-6)8(14)11-9(2,3)4-5-10/h4-5H2,1-3H3,(H,11,14). The van der Waals surface area contributed by atoms with Crippen LogP contribution >= 0.6 is 27.5 Å². The molecule has 0 fully saturated rings. The molecule has 0 aliphatic rings. The van der Waals surface area contributed by atoms with Crippen LogP contribution in [-0.2, 0) is 0 Å². The maximum Gasteiger partial charge on any atom is 0.265 e. The number of aryl methyl sites for hydroxylation is 1. The van der Waals surface area contributed by atoms with E-state index in [1.54, 1.807) is 6.92 Å². The third-order valence-electron chi connectivity index (χ3n) is 2.03. The van der Waals surface area contributed by atoms with Gasteiger partial charge in [-0.2, -0.15) is 0 Å². The number of alkyl halides is 1. The van der Waals surface area contributed by atoms with Gasteiger partial charge in [0, 0.05) is 10.9 Å². The van der Waals surface area contributed by atoms with E-state index < -0.39 is 0 Å². The number of hydrogen-bond acceptors (Lipinski definition) is 4. The lowest BCUT2D eigenvalue weighted by Gasteiger charge is -2.24. The van der Waals surface area contributed by atoms with Crippen LogP contribution in [0.5, 0.6) is 0 Å². The van der Waals surface area contributed by atoms with Crippen molar-refractivity contribution in [3.63, 3.8) is 0 Å². The number of amides is 1. The van der Waals surface area contributed by atoms with Gasteiger partial charge in [0.25, 0.3) is 5.91 Å². The second-order valence-corrected chi connectivity index (χ2v) is 5.51. The van der Waals surface area contributed by atoms with E-state index in [1.807, 2.05) is 13.8 Å². The molecule has 0 bridgehead atoms. The Balaban J connectivity index is 2.68. The van der Waals surface area contributed by atoms with Crippen molar-refractivity contribution in [2.75, 3.05) is 5.33 Å². The Kier molecular flexibility index (Phi) is 4.21. The first kappa shape index (κ1) is 12.6. The van der Waals surface area contributed by atoms with Gasteiger partial charge in [-0.1, -0.05) is 20.4 Å². The monoisotopic (exact) mass is 291 g/mol. The molecule has 6 heteroatoms. The van der Waals surface area contributed by atoms with Crippen LogP contribution in [0.25, 0.3) is 0 Å². The van der Waals surface area contributed by atoms with Gasteiger partial charge in [0.2, 0.25) is 0 Å². The number of nitrogens with one attached hydrogen (secondary N) is 1. The summed E-state index contributed by atoms with van der Waals surface area (Å²) < 4.78 is 3.74. The molecule has 0 aliphatic heterocycles. The first-order valence-electron chi connectivity index (χ1n) is 4.64. The molecule has 84 valence electrons. The van der Waals surface area contributed by atoms with Gasteiger partial charge >= 0.3 is 0 Å². The fourth-order valence-electron chi connectivity index (χ4n) is 1.10. The van der Waals surface area contributed by atoms with Crippen LogP contribution in [0.2, 0.25) is 0 Å². The summed E-state index contributed by atoms with van der Waals surface area (Å²) in [6.45, 7) is 5.78. The van der Waals surface area contributed by atoms with Crippen LogP contribution in [0.4, 0.5) is 0 Å². The SMILES string of the molecule is Cc1nnsc1C(=O)NC(C)(C)CCBr. The maximum absolute atomic E-state index is 11.8. The van der Waals surface area contributed by atoms with E-state index in [2.05, 4.69) is 30.8 Å². The summed E-state index contributed by atoms with van der Waals surface area (Å²) in [5.74, 6) is -0.0894. The second-order valence-electron chi connectivity index (χ2n) is 3.96. The van der Waals surface area contributed by atoms with Crippen LogP contribution in [0.3, 0.4) is 0 Å². The van der Waals surface area contributed by atoms with Crippen molar-refractivity contribution < 1.29 is 4.79 Å². The van der Waals surface area contributed by atoms with Crippen molar-refractivity contribution >= 4 is 33.4 Å². The number of carbonyl (C=O) groups is 1. The zero-order valence-corrected chi connectivity index (χ0v) is 11.4. The van der Waals surface area contributed by atoms with Crippen molar-refractivity contribution in [3.8, 4) is 0 Å². The zero-order chi connectivity index (χ0) is 11.5. The highest BCUT2D eigenvalue weighted by Gasteiger charge is 2.22. The number of aromatic nitrogens is 2. The quantitative estimate of drug-likeness (QED) is 0.865. The third kappa shape index (κ3) is 3.53. The summed E-state index contributed by atoms with van der Waals surface area (Å²) >= 11 is 4.50. The molecule has 4 nitrogen and oxygen atoms in total. The summed E-state index contributed by atoms with van der Waals surface area (Å²) in [6, 6.07) is 0. The number of hydrogen-bond donors (Lipinski definition) is 1. The Bertz CT molecular complexity index is 351. The smallest absolute Gasteiger partial charge is 0.265 e. The van der Waals surface area contributed by atoms with E-state index in [1.165, 1.54) is 0 Å². The third-order valence-corrected chi connectivity index (χ3v) is 3.25. The van der Waals surface area contributed by atoms with Crippen LogP contribution in [0, 0.1) is 6.92 Å². The highest BCUT2D eigenvalue weighted by Crippen LogP contribution is 2.14. The lowest BCUT2D eigenvalue weighted by atomic mass is 10.0. The van der Waals surface area contributed by atoms with E-state index >= 15 is 0 Å². The molecular weight excluding hydrogens is 278 g/mol. The van der Waals surface area contributed by atoms with Crippen molar-refractivity contribution in [1.29, 1.82) is 0 Å². The average Bonchev–Trinajstić information content (AvgIpc) is 2.50. The van der Waals surface area contributed by atoms with Gasteiger partial charge in [0.05, 0.1) is 5.69 Å². The molecule has 0 saturated heterocycles. The molecule has 1 aromatic rings. The average molecular weight is 292 g/mol. The molecule has 1 aromatic heterocycles. The minimum Gasteiger partial charge on any atom is -0.346 e. The van der Waals surface area contributed by atoms with Gasteiger partial charge in [-0.3, -0.25) is 4.79 Å². The Morgan fingerprint density at radius 1 is 1.60 bits per heavy atom. The predicted octanol–water partition coefficient (Wildman–Crippen LogP) is 2.14.